The highest BCUT2D eigenvalue weighted by molar-refractivity contribution is 5.96. The van der Waals surface area contributed by atoms with Gasteiger partial charge in [-0.2, -0.15) is 0 Å². The number of carboxylic acids is 1. The maximum Gasteiger partial charge on any atom is 0.336 e. The smallest absolute Gasteiger partial charge is 0.336 e. The quantitative estimate of drug-likeness (QED) is 0.490. The molecule has 2 aromatic carbocycles. The second kappa shape index (κ2) is 9.78. The number of rotatable bonds is 7. The van der Waals surface area contributed by atoms with Crippen molar-refractivity contribution in [1.82, 2.24) is 4.98 Å². The lowest BCUT2D eigenvalue weighted by atomic mass is 9.88. The van der Waals surface area contributed by atoms with Crippen molar-refractivity contribution in [2.45, 2.75) is 45.6 Å². The Labute approximate surface area is 184 Å². The molecule has 0 radical (unpaired) electrons. The summed E-state index contributed by atoms with van der Waals surface area (Å²) in [6, 6.07) is 17.8. The topological polar surface area (TPSA) is 53.4 Å². The van der Waals surface area contributed by atoms with E-state index in [2.05, 4.69) is 22.0 Å². The fourth-order valence-electron chi connectivity index (χ4n) is 4.68. The van der Waals surface area contributed by atoms with Crippen molar-refractivity contribution in [2.75, 3.05) is 11.4 Å². The molecule has 1 N–H and O–H groups in total. The molecule has 0 atom stereocenters. The van der Waals surface area contributed by atoms with Gasteiger partial charge in [-0.05, 0) is 72.2 Å². The maximum atomic E-state index is 11.9. The predicted molar refractivity (Wildman–Crippen MR) is 125 cm³/mol. The van der Waals surface area contributed by atoms with Crippen molar-refractivity contribution in [1.29, 1.82) is 0 Å². The van der Waals surface area contributed by atoms with E-state index in [9.17, 15) is 9.90 Å². The molecule has 4 heteroatoms. The second-order valence-corrected chi connectivity index (χ2v) is 8.60. The Bertz CT molecular complexity index is 1030. The fourth-order valence-corrected chi connectivity index (χ4v) is 4.68. The van der Waals surface area contributed by atoms with Crippen LogP contribution in [0.25, 0.3) is 11.1 Å². The van der Waals surface area contributed by atoms with Crippen LogP contribution in [0.15, 0.2) is 67.0 Å². The van der Waals surface area contributed by atoms with Gasteiger partial charge in [0.15, 0.2) is 0 Å². The SMILES string of the molecule is Cc1ccccc1-c1cc(CN(CC2CCCCC2)c2cccnc2)ccc1C(=O)O. The second-order valence-electron chi connectivity index (χ2n) is 8.60. The lowest BCUT2D eigenvalue weighted by molar-refractivity contribution is 0.0697. The third kappa shape index (κ3) is 5.13. The molecule has 1 aromatic heterocycles. The van der Waals surface area contributed by atoms with E-state index in [1.54, 1.807) is 12.3 Å². The molecule has 0 amide bonds. The van der Waals surface area contributed by atoms with Gasteiger partial charge in [-0.25, -0.2) is 4.79 Å². The lowest BCUT2D eigenvalue weighted by Gasteiger charge is -2.31. The standard InChI is InChI=1S/C27H30N2O2/c1-20-8-5-6-12-24(20)26-16-22(13-14-25(26)27(30)31)19-29(23-11-7-15-28-17-23)18-21-9-3-2-4-10-21/h5-8,11-17,21H,2-4,9-10,18-19H2,1H3,(H,30,31). The number of hydrogen-bond acceptors (Lipinski definition) is 3. The molecule has 3 aromatic rings. The Balaban J connectivity index is 1.67. The summed E-state index contributed by atoms with van der Waals surface area (Å²) in [6.07, 6.45) is 10.3. The van der Waals surface area contributed by atoms with Gasteiger partial charge in [0.1, 0.15) is 0 Å². The van der Waals surface area contributed by atoms with Gasteiger partial charge < -0.3 is 10.0 Å². The first-order valence-corrected chi connectivity index (χ1v) is 11.2. The Morgan fingerprint density at radius 2 is 1.84 bits per heavy atom. The van der Waals surface area contributed by atoms with E-state index >= 15 is 0 Å². The molecule has 4 rings (SSSR count). The molecule has 1 aliphatic rings. The van der Waals surface area contributed by atoms with E-state index in [4.69, 9.17) is 0 Å². The van der Waals surface area contributed by atoms with E-state index in [1.807, 2.05) is 49.5 Å². The number of pyridine rings is 1. The van der Waals surface area contributed by atoms with Crippen molar-refractivity contribution >= 4 is 11.7 Å². The minimum absolute atomic E-state index is 0.346. The van der Waals surface area contributed by atoms with Crippen LogP contribution in [0.5, 0.6) is 0 Å². The molecule has 1 heterocycles. The van der Waals surface area contributed by atoms with Gasteiger partial charge in [0.25, 0.3) is 0 Å². The molecule has 160 valence electrons. The first kappa shape index (κ1) is 21.1. The zero-order valence-corrected chi connectivity index (χ0v) is 18.1. The van der Waals surface area contributed by atoms with E-state index in [0.717, 1.165) is 41.0 Å². The van der Waals surface area contributed by atoms with Crippen LogP contribution < -0.4 is 4.90 Å². The average molecular weight is 415 g/mol. The zero-order valence-electron chi connectivity index (χ0n) is 18.1. The summed E-state index contributed by atoms with van der Waals surface area (Å²) in [7, 11) is 0. The number of carbonyl (C=O) groups is 1. The number of aromatic nitrogens is 1. The van der Waals surface area contributed by atoms with E-state index in [-0.39, 0.29) is 0 Å². The molecule has 0 unspecified atom stereocenters. The number of hydrogen-bond donors (Lipinski definition) is 1. The molecule has 0 spiro atoms. The molecular weight excluding hydrogens is 384 g/mol. The van der Waals surface area contributed by atoms with Crippen molar-refractivity contribution in [2.24, 2.45) is 5.92 Å². The fraction of sp³-hybridized carbons (Fsp3) is 0.333. The van der Waals surface area contributed by atoms with Crippen molar-refractivity contribution in [3.63, 3.8) is 0 Å². The van der Waals surface area contributed by atoms with Gasteiger partial charge in [-0.1, -0.05) is 49.6 Å². The van der Waals surface area contributed by atoms with Crippen LogP contribution in [0, 0.1) is 12.8 Å². The van der Waals surface area contributed by atoms with E-state index < -0.39 is 5.97 Å². The summed E-state index contributed by atoms with van der Waals surface area (Å²) >= 11 is 0. The number of anilines is 1. The molecule has 31 heavy (non-hydrogen) atoms. The summed E-state index contributed by atoms with van der Waals surface area (Å²) in [5.41, 5.74) is 5.41. The predicted octanol–water partition coefficient (Wildman–Crippen LogP) is 6.34. The summed E-state index contributed by atoms with van der Waals surface area (Å²) in [6.45, 7) is 3.77. The van der Waals surface area contributed by atoms with Crippen LogP contribution in [0.3, 0.4) is 0 Å². The number of nitrogens with zero attached hydrogens (tertiary/aromatic N) is 2. The number of aromatic carboxylic acids is 1. The molecule has 1 fully saturated rings. The first-order chi connectivity index (χ1) is 15.1. The van der Waals surface area contributed by atoms with Crippen LogP contribution in [0.2, 0.25) is 0 Å². The minimum Gasteiger partial charge on any atom is -0.478 e. The van der Waals surface area contributed by atoms with Crippen molar-refractivity contribution < 1.29 is 9.90 Å². The summed E-state index contributed by atoms with van der Waals surface area (Å²) in [5, 5.41) is 9.77. The molecule has 0 saturated heterocycles. The van der Waals surface area contributed by atoms with Gasteiger partial charge in [-0.15, -0.1) is 0 Å². The number of benzene rings is 2. The zero-order chi connectivity index (χ0) is 21.6. The summed E-state index contributed by atoms with van der Waals surface area (Å²) in [4.78, 5) is 18.6. The van der Waals surface area contributed by atoms with Crippen molar-refractivity contribution in [3.8, 4) is 11.1 Å². The van der Waals surface area contributed by atoms with Crippen molar-refractivity contribution in [3.05, 3.63) is 83.7 Å². The van der Waals surface area contributed by atoms with Gasteiger partial charge in [0.2, 0.25) is 0 Å². The molecule has 4 nitrogen and oxygen atoms in total. The number of carboxylic acid groups (broad SMARTS) is 1. The molecule has 0 aliphatic heterocycles. The van der Waals surface area contributed by atoms with Crippen LogP contribution in [-0.4, -0.2) is 22.6 Å². The van der Waals surface area contributed by atoms with Crippen LogP contribution in [-0.2, 0) is 6.54 Å². The van der Waals surface area contributed by atoms with Crippen LogP contribution in [0.1, 0.15) is 53.6 Å². The Morgan fingerprint density at radius 1 is 1.03 bits per heavy atom. The average Bonchev–Trinajstić information content (AvgIpc) is 2.80. The lowest BCUT2D eigenvalue weighted by Crippen LogP contribution is -2.30. The van der Waals surface area contributed by atoms with Gasteiger partial charge in [0.05, 0.1) is 17.4 Å². The third-order valence-corrected chi connectivity index (χ3v) is 6.34. The largest absolute Gasteiger partial charge is 0.478 e. The normalized spacial score (nSPS) is 14.4. The van der Waals surface area contributed by atoms with Gasteiger partial charge in [0, 0.05) is 19.3 Å². The number of aryl methyl sites for hydroxylation is 1. The highest BCUT2D eigenvalue weighted by Gasteiger charge is 2.20. The first-order valence-electron chi connectivity index (χ1n) is 11.2. The molecule has 0 bridgehead atoms. The molecule has 1 saturated carbocycles. The van der Waals surface area contributed by atoms with Gasteiger partial charge >= 0.3 is 5.97 Å². The highest BCUT2D eigenvalue weighted by Crippen LogP contribution is 2.31. The van der Waals surface area contributed by atoms with Crippen LogP contribution >= 0.6 is 0 Å². The summed E-state index contributed by atoms with van der Waals surface area (Å²) in [5.74, 6) is -0.195. The third-order valence-electron chi connectivity index (χ3n) is 6.34. The monoisotopic (exact) mass is 414 g/mol. The minimum atomic E-state index is -0.892. The van der Waals surface area contributed by atoms with E-state index in [0.29, 0.717) is 11.5 Å². The maximum absolute atomic E-state index is 11.9. The Morgan fingerprint density at radius 3 is 2.55 bits per heavy atom. The molecular formula is C27H30N2O2. The highest BCUT2D eigenvalue weighted by atomic mass is 16.4. The Hall–Kier alpha value is -3.14. The Kier molecular flexibility index (Phi) is 6.66. The summed E-state index contributed by atoms with van der Waals surface area (Å²) < 4.78 is 0. The van der Waals surface area contributed by atoms with Gasteiger partial charge in [-0.3, -0.25) is 4.98 Å². The van der Waals surface area contributed by atoms with Crippen LogP contribution in [0.4, 0.5) is 5.69 Å². The molecule has 1 aliphatic carbocycles. The van der Waals surface area contributed by atoms with E-state index in [1.165, 1.54) is 32.1 Å².